The second-order valence-corrected chi connectivity index (χ2v) is 12.0. The van der Waals surface area contributed by atoms with Crippen molar-refractivity contribution in [1.82, 2.24) is 0 Å². The van der Waals surface area contributed by atoms with Crippen LogP contribution in [0.25, 0.3) is 0 Å². The number of hydrogen-bond donors (Lipinski definition) is 0. The molecule has 0 spiro atoms. The Hall–Kier alpha value is -1.51. The van der Waals surface area contributed by atoms with Crippen molar-refractivity contribution in [1.29, 1.82) is 0 Å². The fraction of sp³-hybridized carbons (Fsp3) is 0.788. The molecule has 0 radical (unpaired) electrons. The van der Waals surface area contributed by atoms with E-state index in [1.165, 1.54) is 68.9 Å². The van der Waals surface area contributed by atoms with Crippen molar-refractivity contribution < 1.29 is 14.3 Å². The lowest BCUT2D eigenvalue weighted by atomic mass is 9.63. The third kappa shape index (κ3) is 7.99. The molecule has 2 aliphatic carbocycles. The van der Waals surface area contributed by atoms with E-state index in [0.29, 0.717) is 5.41 Å². The average molecular weight is 499 g/mol. The minimum atomic E-state index is -0.217. The molecule has 0 aromatic heterocycles. The number of hydrogen-bond acceptors (Lipinski definition) is 3. The lowest BCUT2D eigenvalue weighted by Gasteiger charge is -2.42. The van der Waals surface area contributed by atoms with Gasteiger partial charge in [0.25, 0.3) is 0 Å². The number of carbonyl (C=O) groups is 1. The zero-order valence-electron chi connectivity index (χ0n) is 23.9. The fourth-order valence-electron chi connectivity index (χ4n) is 6.95. The summed E-state index contributed by atoms with van der Waals surface area (Å²) in [4.78, 5) is 12.6. The van der Waals surface area contributed by atoms with Crippen LogP contribution in [0.4, 0.5) is 0 Å². The van der Waals surface area contributed by atoms with Crippen LogP contribution < -0.4 is 4.74 Å². The van der Waals surface area contributed by atoms with Gasteiger partial charge in [-0.2, -0.15) is 0 Å². The lowest BCUT2D eigenvalue weighted by Crippen LogP contribution is -2.36. The SMILES string of the molecule is CCCCCCCCC1CC[C@@H]2Cc3c(cccc3OCC(=O)OC(CCCC)CCCC)C[C@]12C. The summed E-state index contributed by atoms with van der Waals surface area (Å²) in [5.74, 6) is 2.28. The first-order valence-electron chi connectivity index (χ1n) is 15.4. The molecule has 36 heavy (non-hydrogen) atoms. The van der Waals surface area contributed by atoms with Gasteiger partial charge in [-0.25, -0.2) is 4.79 Å². The van der Waals surface area contributed by atoms with E-state index in [1.807, 2.05) is 0 Å². The van der Waals surface area contributed by atoms with Crippen molar-refractivity contribution in [2.75, 3.05) is 6.61 Å². The van der Waals surface area contributed by atoms with Crippen molar-refractivity contribution in [2.45, 2.75) is 143 Å². The van der Waals surface area contributed by atoms with Crippen molar-refractivity contribution in [3.8, 4) is 5.75 Å². The number of fused-ring (bicyclic) bond motifs is 2. The van der Waals surface area contributed by atoms with Crippen LogP contribution in [-0.2, 0) is 22.4 Å². The molecule has 0 saturated heterocycles. The Labute approximate surface area is 222 Å². The zero-order valence-corrected chi connectivity index (χ0v) is 23.9. The maximum atomic E-state index is 12.6. The molecule has 1 aromatic rings. The summed E-state index contributed by atoms with van der Waals surface area (Å²) in [6, 6.07) is 6.48. The van der Waals surface area contributed by atoms with E-state index in [1.54, 1.807) is 0 Å². The highest BCUT2D eigenvalue weighted by Gasteiger charge is 2.48. The lowest BCUT2D eigenvalue weighted by molar-refractivity contribution is -0.152. The van der Waals surface area contributed by atoms with E-state index in [4.69, 9.17) is 9.47 Å². The second kappa shape index (κ2) is 15.0. The van der Waals surface area contributed by atoms with Gasteiger partial charge in [-0.05, 0) is 79.4 Å². The molecule has 3 atom stereocenters. The maximum absolute atomic E-state index is 12.6. The van der Waals surface area contributed by atoms with Gasteiger partial charge in [0, 0.05) is 0 Å². The van der Waals surface area contributed by atoms with Gasteiger partial charge in [-0.3, -0.25) is 0 Å². The summed E-state index contributed by atoms with van der Waals surface area (Å²) < 4.78 is 11.9. The summed E-state index contributed by atoms with van der Waals surface area (Å²) in [5, 5.41) is 0. The Morgan fingerprint density at radius 2 is 1.64 bits per heavy atom. The first kappa shape index (κ1) is 29.1. The van der Waals surface area contributed by atoms with Crippen molar-refractivity contribution >= 4 is 5.97 Å². The average Bonchev–Trinajstić information content (AvgIpc) is 3.19. The number of carbonyl (C=O) groups excluding carboxylic acids is 1. The Morgan fingerprint density at radius 3 is 2.36 bits per heavy atom. The van der Waals surface area contributed by atoms with E-state index in [9.17, 15) is 4.79 Å². The molecule has 0 heterocycles. The molecule has 0 amide bonds. The molecule has 1 fully saturated rings. The van der Waals surface area contributed by atoms with Crippen LogP contribution in [-0.4, -0.2) is 18.7 Å². The topological polar surface area (TPSA) is 35.5 Å². The molecule has 204 valence electrons. The summed E-state index contributed by atoms with van der Waals surface area (Å²) in [6.45, 7) is 9.25. The van der Waals surface area contributed by atoms with E-state index >= 15 is 0 Å². The molecular formula is C33H54O3. The number of ether oxygens (including phenoxy) is 2. The summed E-state index contributed by atoms with van der Waals surface area (Å²) >= 11 is 0. The molecule has 3 heteroatoms. The number of unbranched alkanes of at least 4 members (excludes halogenated alkanes) is 7. The second-order valence-electron chi connectivity index (χ2n) is 12.0. The van der Waals surface area contributed by atoms with Gasteiger partial charge in [-0.15, -0.1) is 0 Å². The molecule has 1 aromatic carbocycles. The van der Waals surface area contributed by atoms with E-state index in [-0.39, 0.29) is 18.7 Å². The number of benzene rings is 1. The van der Waals surface area contributed by atoms with Crippen molar-refractivity contribution in [3.05, 3.63) is 29.3 Å². The van der Waals surface area contributed by atoms with Crippen LogP contribution in [0, 0.1) is 17.3 Å². The van der Waals surface area contributed by atoms with Gasteiger partial charge in [0.15, 0.2) is 6.61 Å². The fourth-order valence-corrected chi connectivity index (χ4v) is 6.95. The predicted molar refractivity (Wildman–Crippen MR) is 151 cm³/mol. The maximum Gasteiger partial charge on any atom is 0.344 e. The van der Waals surface area contributed by atoms with Crippen molar-refractivity contribution in [3.63, 3.8) is 0 Å². The van der Waals surface area contributed by atoms with Gasteiger partial charge in [0.05, 0.1) is 0 Å². The summed E-state index contributed by atoms with van der Waals surface area (Å²) in [7, 11) is 0. The summed E-state index contributed by atoms with van der Waals surface area (Å²) in [5.41, 5.74) is 3.21. The normalized spacial score (nSPS) is 22.9. The highest BCUT2D eigenvalue weighted by Crippen LogP contribution is 2.56. The molecule has 1 unspecified atom stereocenters. The monoisotopic (exact) mass is 498 g/mol. The van der Waals surface area contributed by atoms with E-state index in [0.717, 1.165) is 69.0 Å². The smallest absolute Gasteiger partial charge is 0.344 e. The van der Waals surface area contributed by atoms with E-state index in [2.05, 4.69) is 45.9 Å². The third-order valence-electron chi connectivity index (χ3n) is 9.29. The van der Waals surface area contributed by atoms with Gasteiger partial charge >= 0.3 is 5.97 Å². The van der Waals surface area contributed by atoms with Gasteiger partial charge < -0.3 is 9.47 Å². The van der Waals surface area contributed by atoms with Crippen molar-refractivity contribution in [2.24, 2.45) is 17.3 Å². The number of rotatable bonds is 17. The molecule has 0 bridgehead atoms. The minimum absolute atomic E-state index is 0.0216. The molecule has 1 saturated carbocycles. The Morgan fingerprint density at radius 1 is 0.944 bits per heavy atom. The largest absolute Gasteiger partial charge is 0.482 e. The highest BCUT2D eigenvalue weighted by atomic mass is 16.6. The first-order valence-corrected chi connectivity index (χ1v) is 15.4. The predicted octanol–water partition coefficient (Wildman–Crippen LogP) is 9.24. The van der Waals surface area contributed by atoms with Crippen LogP contribution in [0.3, 0.4) is 0 Å². The first-order chi connectivity index (χ1) is 17.5. The Balaban J connectivity index is 1.55. The van der Waals surface area contributed by atoms with Gasteiger partial charge in [-0.1, -0.05) is 104 Å². The Bertz CT molecular complexity index is 779. The summed E-state index contributed by atoms with van der Waals surface area (Å²) in [6.07, 6.45) is 21.1. The van der Waals surface area contributed by atoms with Crippen LogP contribution in [0.2, 0.25) is 0 Å². The van der Waals surface area contributed by atoms with Crippen LogP contribution >= 0.6 is 0 Å². The molecule has 3 nitrogen and oxygen atoms in total. The van der Waals surface area contributed by atoms with Gasteiger partial charge in [0.2, 0.25) is 0 Å². The van der Waals surface area contributed by atoms with Gasteiger partial charge in [0.1, 0.15) is 11.9 Å². The molecule has 0 N–H and O–H groups in total. The Kier molecular flexibility index (Phi) is 12.1. The van der Waals surface area contributed by atoms with E-state index < -0.39 is 0 Å². The molecular weight excluding hydrogens is 444 g/mol. The van der Waals surface area contributed by atoms with Crippen LogP contribution in [0.5, 0.6) is 5.75 Å². The molecule has 0 aliphatic heterocycles. The number of esters is 1. The van der Waals surface area contributed by atoms with Crippen LogP contribution in [0.15, 0.2) is 18.2 Å². The molecule has 3 rings (SSSR count). The zero-order chi connectivity index (χ0) is 25.8. The standard InChI is InChI=1S/C33H54O3/c1-5-8-11-12-13-14-17-27-21-22-28-23-30-26(24-33(27,28)4)16-15-20-31(30)35-25-32(34)36-29(18-9-6-2)19-10-7-3/h15-16,20,27-29H,5-14,17-19,21-25H2,1-4H3/t27?,28-,33-/m1/s1. The third-order valence-corrected chi connectivity index (χ3v) is 9.29. The van der Waals surface area contributed by atoms with Crippen LogP contribution in [0.1, 0.15) is 135 Å². The minimum Gasteiger partial charge on any atom is -0.482 e. The quantitative estimate of drug-likeness (QED) is 0.159. The highest BCUT2D eigenvalue weighted by molar-refractivity contribution is 5.71. The molecule has 2 aliphatic rings.